The van der Waals surface area contributed by atoms with Crippen molar-refractivity contribution in [3.05, 3.63) is 24.3 Å². The Kier molecular flexibility index (Phi) is 5.85. The quantitative estimate of drug-likeness (QED) is 0.739. The smallest absolute Gasteiger partial charge is 0.243 e. The number of piperidine rings is 1. The van der Waals surface area contributed by atoms with Crippen LogP contribution in [0.2, 0.25) is 0 Å². The Hall–Kier alpha value is -1.64. The molecule has 0 saturated carbocycles. The zero-order valence-corrected chi connectivity index (χ0v) is 19.0. The Morgan fingerprint density at radius 2 is 1.87 bits per heavy atom. The fourth-order valence-corrected chi connectivity index (χ4v) is 6.82. The van der Waals surface area contributed by atoms with Crippen molar-refractivity contribution in [1.82, 2.24) is 14.5 Å². The van der Waals surface area contributed by atoms with Gasteiger partial charge in [0.05, 0.1) is 17.9 Å². The molecular weight excluding hydrogens is 402 g/mol. The predicted molar refractivity (Wildman–Crippen MR) is 115 cm³/mol. The fourth-order valence-electron chi connectivity index (χ4n) is 5.38. The second-order valence-electron chi connectivity index (χ2n) is 9.17. The largest absolute Gasteiger partial charge is 0.497 e. The third-order valence-corrected chi connectivity index (χ3v) is 9.31. The first kappa shape index (κ1) is 21.6. The molecule has 3 saturated heterocycles. The minimum Gasteiger partial charge on any atom is -0.497 e. The van der Waals surface area contributed by atoms with Crippen molar-refractivity contribution >= 4 is 15.9 Å². The van der Waals surface area contributed by atoms with Crippen molar-refractivity contribution in [3.8, 4) is 5.75 Å². The van der Waals surface area contributed by atoms with Crippen molar-refractivity contribution in [2.75, 3.05) is 39.8 Å². The zero-order chi connectivity index (χ0) is 21.5. The van der Waals surface area contributed by atoms with Crippen LogP contribution in [0.3, 0.4) is 0 Å². The number of sulfonamides is 1. The molecule has 7 nitrogen and oxygen atoms in total. The summed E-state index contributed by atoms with van der Waals surface area (Å²) in [4.78, 5) is 15.4. The van der Waals surface area contributed by atoms with E-state index in [1.807, 2.05) is 0 Å². The number of methoxy groups -OCH3 is 1. The van der Waals surface area contributed by atoms with Crippen molar-refractivity contribution < 1.29 is 17.9 Å². The van der Waals surface area contributed by atoms with Crippen molar-refractivity contribution in [3.63, 3.8) is 0 Å². The fraction of sp³-hybridized carbons (Fsp3) is 0.682. The number of rotatable bonds is 6. The van der Waals surface area contributed by atoms with Gasteiger partial charge in [0.25, 0.3) is 0 Å². The second-order valence-corrected chi connectivity index (χ2v) is 11.1. The Morgan fingerprint density at radius 3 is 2.47 bits per heavy atom. The van der Waals surface area contributed by atoms with Gasteiger partial charge < -0.3 is 15.0 Å². The molecule has 1 spiro atoms. The summed E-state index contributed by atoms with van der Waals surface area (Å²) in [7, 11) is -1.98. The third-order valence-electron chi connectivity index (χ3n) is 7.39. The minimum absolute atomic E-state index is 0.0406. The number of nitrogens with one attached hydrogen (secondary N) is 1. The molecule has 1 N–H and O–H groups in total. The van der Waals surface area contributed by atoms with Crippen LogP contribution >= 0.6 is 0 Å². The molecule has 0 unspecified atom stereocenters. The topological polar surface area (TPSA) is 79.0 Å². The molecule has 0 aliphatic carbocycles. The monoisotopic (exact) mass is 435 g/mol. The minimum atomic E-state index is -3.54. The Balaban J connectivity index is 1.45. The van der Waals surface area contributed by atoms with Crippen LogP contribution in [0, 0.1) is 17.8 Å². The SMILES string of the molecule is CC[C@H](C)CN1C[C@H]2C(=O)NC3(CCN(S(=O)(=O)c4ccc(OC)cc4)CC3)[C@H]2C1. The summed E-state index contributed by atoms with van der Waals surface area (Å²) in [5.41, 5.74) is -0.266. The van der Waals surface area contributed by atoms with E-state index in [0.29, 0.717) is 37.6 Å². The highest BCUT2D eigenvalue weighted by Crippen LogP contribution is 2.44. The molecular formula is C22H33N3O4S. The maximum atomic E-state index is 13.1. The van der Waals surface area contributed by atoms with Gasteiger partial charge in [-0.05, 0) is 43.0 Å². The van der Waals surface area contributed by atoms with Gasteiger partial charge >= 0.3 is 0 Å². The lowest BCUT2D eigenvalue weighted by molar-refractivity contribution is -0.123. The third kappa shape index (κ3) is 3.74. The first-order valence-electron chi connectivity index (χ1n) is 11.0. The molecule has 0 bridgehead atoms. The normalized spacial score (nSPS) is 27.8. The summed E-state index contributed by atoms with van der Waals surface area (Å²) in [5, 5.41) is 3.28. The number of likely N-dealkylation sites (tertiary alicyclic amines) is 1. The molecule has 4 rings (SSSR count). The molecule has 8 heteroatoms. The molecule has 1 aromatic carbocycles. The number of ether oxygens (including phenoxy) is 1. The van der Waals surface area contributed by atoms with Crippen LogP contribution < -0.4 is 10.1 Å². The van der Waals surface area contributed by atoms with Crippen LogP contribution in [0.15, 0.2) is 29.2 Å². The number of carbonyl (C=O) groups is 1. The Bertz CT molecular complexity index is 878. The van der Waals surface area contributed by atoms with E-state index in [9.17, 15) is 13.2 Å². The van der Waals surface area contributed by atoms with Crippen LogP contribution in [-0.4, -0.2) is 68.9 Å². The lowest BCUT2D eigenvalue weighted by Crippen LogP contribution is -2.56. The molecule has 1 aromatic rings. The molecule has 30 heavy (non-hydrogen) atoms. The van der Waals surface area contributed by atoms with E-state index in [1.54, 1.807) is 35.7 Å². The van der Waals surface area contributed by atoms with E-state index in [4.69, 9.17) is 4.74 Å². The van der Waals surface area contributed by atoms with E-state index >= 15 is 0 Å². The van der Waals surface area contributed by atoms with Gasteiger partial charge in [-0.25, -0.2) is 8.42 Å². The van der Waals surface area contributed by atoms with E-state index in [-0.39, 0.29) is 28.2 Å². The maximum absolute atomic E-state index is 13.1. The first-order valence-corrected chi connectivity index (χ1v) is 12.4. The highest BCUT2D eigenvalue weighted by atomic mass is 32.2. The molecule has 3 aliphatic rings. The molecule has 3 atom stereocenters. The molecule has 166 valence electrons. The number of nitrogens with zero attached hydrogens (tertiary/aromatic N) is 2. The zero-order valence-electron chi connectivity index (χ0n) is 18.1. The van der Waals surface area contributed by atoms with Crippen LogP contribution in [0.1, 0.15) is 33.1 Å². The number of amides is 1. The number of hydrogen-bond donors (Lipinski definition) is 1. The van der Waals surface area contributed by atoms with E-state index in [2.05, 4.69) is 24.1 Å². The number of carbonyl (C=O) groups excluding carboxylic acids is 1. The molecule has 0 radical (unpaired) electrons. The maximum Gasteiger partial charge on any atom is 0.243 e. The predicted octanol–water partition coefficient (Wildman–Crippen LogP) is 1.94. The van der Waals surface area contributed by atoms with Crippen molar-refractivity contribution in [2.24, 2.45) is 17.8 Å². The summed E-state index contributed by atoms with van der Waals surface area (Å²) in [6.07, 6.45) is 2.49. The average molecular weight is 436 g/mol. The van der Waals surface area contributed by atoms with Gasteiger partial charge in [0, 0.05) is 44.2 Å². The van der Waals surface area contributed by atoms with Gasteiger partial charge in [-0.15, -0.1) is 0 Å². The first-order chi connectivity index (χ1) is 14.3. The van der Waals surface area contributed by atoms with Gasteiger partial charge in [-0.2, -0.15) is 4.31 Å². The summed E-state index contributed by atoms with van der Waals surface area (Å²) < 4.78 is 32.8. The van der Waals surface area contributed by atoms with Crippen LogP contribution in [0.5, 0.6) is 5.75 Å². The lowest BCUT2D eigenvalue weighted by Gasteiger charge is -2.42. The van der Waals surface area contributed by atoms with Gasteiger partial charge in [0.15, 0.2) is 0 Å². The summed E-state index contributed by atoms with van der Waals surface area (Å²) in [6, 6.07) is 6.53. The van der Waals surface area contributed by atoms with Crippen LogP contribution in [-0.2, 0) is 14.8 Å². The Morgan fingerprint density at radius 1 is 1.20 bits per heavy atom. The number of benzene rings is 1. The average Bonchev–Trinajstić information content (AvgIpc) is 3.27. The van der Waals surface area contributed by atoms with Gasteiger partial charge in [-0.1, -0.05) is 20.3 Å². The van der Waals surface area contributed by atoms with Gasteiger partial charge in [0.1, 0.15) is 5.75 Å². The highest BCUT2D eigenvalue weighted by Gasteiger charge is 2.57. The summed E-state index contributed by atoms with van der Waals surface area (Å²) in [5.74, 6) is 1.73. The second kappa shape index (κ2) is 8.13. The number of hydrogen-bond acceptors (Lipinski definition) is 5. The lowest BCUT2D eigenvalue weighted by atomic mass is 9.76. The van der Waals surface area contributed by atoms with Gasteiger partial charge in [0.2, 0.25) is 15.9 Å². The van der Waals surface area contributed by atoms with Crippen molar-refractivity contribution in [1.29, 1.82) is 0 Å². The standard InChI is InChI=1S/C22H33N3O4S/c1-4-16(2)13-24-14-19-20(15-24)22(23-21(19)26)9-11-25(12-10-22)30(27,28)18-7-5-17(29-3)6-8-18/h5-8,16,19-20H,4,9-15H2,1-3H3,(H,23,26)/t16-,19+,20-/m0/s1. The Labute approximate surface area is 179 Å². The number of fused-ring (bicyclic) bond motifs is 2. The van der Waals surface area contributed by atoms with E-state index in [0.717, 1.165) is 26.1 Å². The molecule has 3 fully saturated rings. The van der Waals surface area contributed by atoms with Crippen LogP contribution in [0.25, 0.3) is 0 Å². The molecule has 3 aliphatic heterocycles. The molecule has 1 amide bonds. The highest BCUT2D eigenvalue weighted by molar-refractivity contribution is 7.89. The van der Waals surface area contributed by atoms with Crippen LogP contribution in [0.4, 0.5) is 0 Å². The molecule has 0 aromatic heterocycles. The van der Waals surface area contributed by atoms with Gasteiger partial charge in [-0.3, -0.25) is 4.79 Å². The summed E-state index contributed by atoms with van der Waals surface area (Å²) >= 11 is 0. The summed E-state index contributed by atoms with van der Waals surface area (Å²) in [6.45, 7) is 8.12. The molecule has 3 heterocycles. The van der Waals surface area contributed by atoms with E-state index < -0.39 is 10.0 Å². The van der Waals surface area contributed by atoms with E-state index in [1.165, 1.54) is 0 Å². The van der Waals surface area contributed by atoms with Crippen molar-refractivity contribution in [2.45, 2.75) is 43.5 Å².